The molecule has 2 fully saturated rings. The van der Waals surface area contributed by atoms with Gasteiger partial charge in [0.15, 0.2) is 0 Å². The SMILES string of the molecule is CC(C)(C)OC(=O)N1CC(Oc2cc(N(C(=O)OC(C)(C)C)C3CCC(F)(F)CC3)nc(S(C)(=O)=O)n2)C1. The lowest BCUT2D eigenvalue weighted by molar-refractivity contribution is -0.0388. The molecule has 38 heavy (non-hydrogen) atoms. The Morgan fingerprint density at radius 3 is 2.08 bits per heavy atom. The Balaban J connectivity index is 1.89. The molecule has 1 saturated carbocycles. The molecule has 0 N–H and O–H groups in total. The topological polar surface area (TPSA) is 128 Å². The van der Waals surface area contributed by atoms with Gasteiger partial charge in [-0.3, -0.25) is 4.90 Å². The fourth-order valence-electron chi connectivity index (χ4n) is 3.92. The quantitative estimate of drug-likeness (QED) is 0.485. The first-order valence-corrected chi connectivity index (χ1v) is 14.3. The van der Waals surface area contributed by atoms with Gasteiger partial charge >= 0.3 is 12.2 Å². The van der Waals surface area contributed by atoms with Gasteiger partial charge in [0, 0.05) is 31.2 Å². The van der Waals surface area contributed by atoms with Crippen molar-refractivity contribution in [3.63, 3.8) is 0 Å². The maximum absolute atomic E-state index is 13.9. The minimum Gasteiger partial charge on any atom is -0.470 e. The van der Waals surface area contributed by atoms with Gasteiger partial charge in [0.05, 0.1) is 13.1 Å². The molecule has 0 bridgehead atoms. The van der Waals surface area contributed by atoms with Crippen LogP contribution in [0.2, 0.25) is 0 Å². The van der Waals surface area contributed by atoms with Crippen molar-refractivity contribution in [2.24, 2.45) is 0 Å². The Bertz CT molecular complexity index is 1150. The van der Waals surface area contributed by atoms with E-state index in [4.69, 9.17) is 14.2 Å². The van der Waals surface area contributed by atoms with Gasteiger partial charge in [-0.15, -0.1) is 0 Å². The van der Waals surface area contributed by atoms with Crippen LogP contribution in [0.15, 0.2) is 11.2 Å². The van der Waals surface area contributed by atoms with Crippen LogP contribution in [0.5, 0.6) is 5.88 Å². The predicted molar refractivity (Wildman–Crippen MR) is 133 cm³/mol. The minimum atomic E-state index is -3.95. The van der Waals surface area contributed by atoms with E-state index in [0.29, 0.717) is 0 Å². The van der Waals surface area contributed by atoms with Crippen LogP contribution < -0.4 is 9.64 Å². The van der Waals surface area contributed by atoms with Crippen molar-refractivity contribution in [2.75, 3.05) is 24.2 Å². The molecule has 11 nitrogen and oxygen atoms in total. The number of hydrogen-bond acceptors (Lipinski definition) is 9. The molecule has 0 radical (unpaired) electrons. The van der Waals surface area contributed by atoms with Crippen molar-refractivity contribution in [2.45, 2.75) is 102 Å². The van der Waals surface area contributed by atoms with E-state index in [1.165, 1.54) is 11.0 Å². The second-order valence-electron chi connectivity index (χ2n) is 11.7. The first-order chi connectivity index (χ1) is 17.2. The zero-order chi connectivity index (χ0) is 28.7. The highest BCUT2D eigenvalue weighted by Gasteiger charge is 2.41. The first kappa shape index (κ1) is 29.8. The summed E-state index contributed by atoms with van der Waals surface area (Å²) in [6.07, 6.45) is -1.91. The Morgan fingerprint density at radius 1 is 1.03 bits per heavy atom. The molecule has 0 unspecified atom stereocenters. The van der Waals surface area contributed by atoms with E-state index >= 15 is 0 Å². The third-order valence-corrected chi connectivity index (χ3v) is 6.52. The Kier molecular flexibility index (Phi) is 8.17. The van der Waals surface area contributed by atoms with E-state index in [1.807, 2.05) is 0 Å². The summed E-state index contributed by atoms with van der Waals surface area (Å²) in [6.45, 7) is 10.6. The number of rotatable bonds is 5. The van der Waals surface area contributed by atoms with Crippen LogP contribution in [-0.4, -0.2) is 84.1 Å². The number of alkyl halides is 2. The number of amides is 2. The summed E-state index contributed by atoms with van der Waals surface area (Å²) >= 11 is 0. The van der Waals surface area contributed by atoms with E-state index in [1.54, 1.807) is 41.5 Å². The summed E-state index contributed by atoms with van der Waals surface area (Å²) in [6, 6.07) is 0.576. The lowest BCUT2D eigenvalue weighted by Gasteiger charge is -2.39. The van der Waals surface area contributed by atoms with E-state index in [-0.39, 0.29) is 37.6 Å². The molecule has 1 aromatic rings. The summed E-state index contributed by atoms with van der Waals surface area (Å²) in [5, 5.41) is -0.594. The van der Waals surface area contributed by atoms with Crippen LogP contribution in [0.3, 0.4) is 0 Å². The Labute approximate surface area is 221 Å². The molecule has 0 aromatic carbocycles. The zero-order valence-electron chi connectivity index (χ0n) is 22.8. The summed E-state index contributed by atoms with van der Waals surface area (Å²) in [5.74, 6) is -3.12. The first-order valence-electron chi connectivity index (χ1n) is 12.4. The molecule has 3 rings (SSSR count). The molecule has 214 valence electrons. The van der Waals surface area contributed by atoms with Gasteiger partial charge in [-0.05, 0) is 54.4 Å². The van der Waals surface area contributed by atoms with Gasteiger partial charge in [-0.2, -0.15) is 4.98 Å². The van der Waals surface area contributed by atoms with E-state index < -0.39 is 69.3 Å². The van der Waals surface area contributed by atoms with Gasteiger partial charge in [0.1, 0.15) is 23.1 Å². The number of sulfone groups is 1. The lowest BCUT2D eigenvalue weighted by atomic mass is 9.91. The standard InChI is InChI=1S/C24H36F2N4O7S/c1-22(2,3)36-20(31)29-13-16(14-29)35-18-12-17(27-19(28-18)38(7,33)34)30(21(32)37-23(4,5)6)15-8-10-24(25,26)11-9-15/h12,15-16H,8-11,13-14H2,1-7H3. The van der Waals surface area contributed by atoms with Gasteiger partial charge in [-0.25, -0.2) is 31.8 Å². The second kappa shape index (κ2) is 10.4. The van der Waals surface area contributed by atoms with E-state index in [0.717, 1.165) is 11.2 Å². The van der Waals surface area contributed by atoms with Crippen LogP contribution in [0.1, 0.15) is 67.2 Å². The number of nitrogens with zero attached hydrogens (tertiary/aromatic N) is 4. The molecule has 2 heterocycles. The molecule has 0 atom stereocenters. The third-order valence-electron chi connectivity index (χ3n) is 5.68. The van der Waals surface area contributed by atoms with Gasteiger partial charge in [-0.1, -0.05) is 0 Å². The molecule has 0 spiro atoms. The van der Waals surface area contributed by atoms with E-state index in [2.05, 4.69) is 9.97 Å². The number of anilines is 1. The number of carbonyl (C=O) groups is 2. The summed E-state index contributed by atoms with van der Waals surface area (Å²) in [5.41, 5.74) is -1.57. The molecule has 1 aliphatic carbocycles. The smallest absolute Gasteiger partial charge is 0.416 e. The summed E-state index contributed by atoms with van der Waals surface area (Å²) in [4.78, 5) is 36.0. The molecular formula is C24H36F2N4O7S. The highest BCUT2D eigenvalue weighted by atomic mass is 32.2. The summed E-state index contributed by atoms with van der Waals surface area (Å²) < 4.78 is 69.2. The lowest BCUT2D eigenvalue weighted by Crippen LogP contribution is -2.57. The monoisotopic (exact) mass is 562 g/mol. The highest BCUT2D eigenvalue weighted by Crippen LogP contribution is 2.37. The van der Waals surface area contributed by atoms with Crippen LogP contribution in [0, 0.1) is 0 Å². The number of hydrogen-bond donors (Lipinski definition) is 0. The van der Waals surface area contributed by atoms with Crippen molar-refractivity contribution < 1.29 is 41.0 Å². The van der Waals surface area contributed by atoms with Crippen LogP contribution in [0.25, 0.3) is 0 Å². The molecule has 1 aliphatic heterocycles. The highest BCUT2D eigenvalue weighted by molar-refractivity contribution is 7.90. The van der Waals surface area contributed by atoms with E-state index in [9.17, 15) is 26.8 Å². The zero-order valence-corrected chi connectivity index (χ0v) is 23.6. The number of halogens is 2. The second-order valence-corrected chi connectivity index (χ2v) is 13.6. The minimum absolute atomic E-state index is 0.0336. The molecule has 1 aromatic heterocycles. The molecule has 2 aliphatic rings. The Morgan fingerprint density at radius 2 is 1.58 bits per heavy atom. The number of ether oxygens (including phenoxy) is 3. The van der Waals surface area contributed by atoms with Crippen molar-refractivity contribution >= 4 is 27.8 Å². The van der Waals surface area contributed by atoms with Gasteiger partial charge in [0.2, 0.25) is 21.6 Å². The maximum Gasteiger partial charge on any atom is 0.416 e. The molecule has 14 heteroatoms. The molecule has 1 saturated heterocycles. The van der Waals surface area contributed by atoms with Gasteiger partial charge < -0.3 is 19.1 Å². The normalized spacial score (nSPS) is 18.9. The largest absolute Gasteiger partial charge is 0.470 e. The van der Waals surface area contributed by atoms with Crippen molar-refractivity contribution in [3.8, 4) is 5.88 Å². The van der Waals surface area contributed by atoms with Crippen LogP contribution >= 0.6 is 0 Å². The van der Waals surface area contributed by atoms with Crippen LogP contribution in [-0.2, 0) is 19.3 Å². The fourth-order valence-corrected chi connectivity index (χ4v) is 4.44. The average molecular weight is 563 g/mol. The van der Waals surface area contributed by atoms with Crippen molar-refractivity contribution in [3.05, 3.63) is 6.07 Å². The van der Waals surface area contributed by atoms with Crippen LogP contribution in [0.4, 0.5) is 24.2 Å². The maximum atomic E-state index is 13.9. The fraction of sp³-hybridized carbons (Fsp3) is 0.750. The Hall–Kier alpha value is -2.77. The van der Waals surface area contributed by atoms with Gasteiger partial charge in [0.25, 0.3) is 5.16 Å². The number of aromatic nitrogens is 2. The average Bonchev–Trinajstić information content (AvgIpc) is 2.68. The molecular weight excluding hydrogens is 526 g/mol. The third kappa shape index (κ3) is 8.11. The molecule has 2 amide bonds. The number of likely N-dealkylation sites (tertiary alicyclic amines) is 1. The van der Waals surface area contributed by atoms with Crippen molar-refractivity contribution in [1.82, 2.24) is 14.9 Å². The van der Waals surface area contributed by atoms with Crippen molar-refractivity contribution in [1.29, 1.82) is 0 Å². The number of carbonyl (C=O) groups excluding carboxylic acids is 2. The summed E-state index contributed by atoms with van der Waals surface area (Å²) in [7, 11) is -3.95. The predicted octanol–water partition coefficient (Wildman–Crippen LogP) is 4.20.